The van der Waals surface area contributed by atoms with E-state index in [1.165, 1.54) is 19.2 Å². The maximum absolute atomic E-state index is 13.5. The van der Waals surface area contributed by atoms with Gasteiger partial charge in [-0.25, -0.2) is 9.18 Å². The summed E-state index contributed by atoms with van der Waals surface area (Å²) in [5.41, 5.74) is 6.54. The first-order valence-corrected chi connectivity index (χ1v) is 9.01. The molecule has 5 nitrogen and oxygen atoms in total. The lowest BCUT2D eigenvalue weighted by Gasteiger charge is -2.09. The molecule has 29 heavy (non-hydrogen) atoms. The molecule has 0 saturated heterocycles. The zero-order valence-electron chi connectivity index (χ0n) is 15.6. The van der Waals surface area contributed by atoms with Crippen LogP contribution in [-0.4, -0.2) is 23.8 Å². The Kier molecular flexibility index (Phi) is 5.07. The predicted octanol–water partition coefficient (Wildman–Crippen LogP) is 4.96. The second kappa shape index (κ2) is 7.98. The minimum absolute atomic E-state index is 0.353. The summed E-state index contributed by atoms with van der Waals surface area (Å²) < 4.78 is 18.5. The standard InChI is InChI=1S/C23H18FN3O2/c1-29-23(28)20-18-9-5-6-10-19(18)25-22(20)21(15-11-13-16(24)14-12-15)27-26-17-7-3-2-4-8-17/h2-14,25-26H,1H3/b27-21-. The van der Waals surface area contributed by atoms with E-state index in [-0.39, 0.29) is 5.82 Å². The lowest BCUT2D eigenvalue weighted by molar-refractivity contribution is 0.0603. The SMILES string of the molecule is COC(=O)c1c(/C(=N\Nc2ccccc2)c2ccc(F)cc2)[nH]c2ccccc12. The van der Waals surface area contributed by atoms with Crippen molar-refractivity contribution in [1.29, 1.82) is 0 Å². The molecule has 1 heterocycles. The number of hydrazone groups is 1. The van der Waals surface area contributed by atoms with Gasteiger partial charge in [0.15, 0.2) is 0 Å². The quantitative estimate of drug-likeness (QED) is 0.289. The van der Waals surface area contributed by atoms with Crippen molar-refractivity contribution < 1.29 is 13.9 Å². The van der Waals surface area contributed by atoms with Gasteiger partial charge in [-0.3, -0.25) is 5.43 Å². The molecular weight excluding hydrogens is 369 g/mol. The van der Waals surface area contributed by atoms with Gasteiger partial charge in [-0.2, -0.15) is 5.10 Å². The van der Waals surface area contributed by atoms with E-state index in [1.807, 2.05) is 54.6 Å². The molecule has 0 spiro atoms. The first kappa shape index (κ1) is 18.4. The second-order valence-corrected chi connectivity index (χ2v) is 6.36. The molecule has 0 aliphatic rings. The number of esters is 1. The summed E-state index contributed by atoms with van der Waals surface area (Å²) in [6, 6.07) is 22.8. The van der Waals surface area contributed by atoms with Crippen molar-refractivity contribution in [3.63, 3.8) is 0 Å². The summed E-state index contributed by atoms with van der Waals surface area (Å²) in [5.74, 6) is -0.832. The van der Waals surface area contributed by atoms with Gasteiger partial charge in [0.1, 0.15) is 11.5 Å². The lowest BCUT2D eigenvalue weighted by atomic mass is 10.0. The number of rotatable bonds is 5. The van der Waals surface area contributed by atoms with Crippen LogP contribution in [0.25, 0.3) is 10.9 Å². The summed E-state index contributed by atoms with van der Waals surface area (Å²) in [7, 11) is 1.34. The van der Waals surface area contributed by atoms with Crippen molar-refractivity contribution in [1.82, 2.24) is 4.98 Å². The third-order valence-electron chi connectivity index (χ3n) is 4.52. The van der Waals surface area contributed by atoms with Gasteiger partial charge >= 0.3 is 5.97 Å². The number of methoxy groups -OCH3 is 1. The van der Waals surface area contributed by atoms with E-state index in [9.17, 15) is 9.18 Å². The number of hydrogen-bond acceptors (Lipinski definition) is 4. The number of para-hydroxylation sites is 2. The third-order valence-corrected chi connectivity index (χ3v) is 4.52. The molecule has 0 fully saturated rings. The molecule has 6 heteroatoms. The summed E-state index contributed by atoms with van der Waals surface area (Å²) in [6.07, 6.45) is 0. The summed E-state index contributed by atoms with van der Waals surface area (Å²) >= 11 is 0. The van der Waals surface area contributed by atoms with Crippen LogP contribution >= 0.6 is 0 Å². The van der Waals surface area contributed by atoms with Gasteiger partial charge in [0.25, 0.3) is 0 Å². The smallest absolute Gasteiger partial charge is 0.340 e. The Hall–Kier alpha value is -3.93. The number of nitrogens with zero attached hydrogens (tertiary/aromatic N) is 1. The molecule has 4 aromatic rings. The Morgan fingerprint density at radius 2 is 1.66 bits per heavy atom. The number of hydrogen-bond donors (Lipinski definition) is 2. The zero-order valence-corrected chi connectivity index (χ0v) is 15.6. The van der Waals surface area contributed by atoms with Crippen LogP contribution in [0.15, 0.2) is 84.0 Å². The maximum Gasteiger partial charge on any atom is 0.340 e. The average Bonchev–Trinajstić information content (AvgIpc) is 3.14. The second-order valence-electron chi connectivity index (χ2n) is 6.36. The zero-order chi connectivity index (χ0) is 20.2. The average molecular weight is 387 g/mol. The van der Waals surface area contributed by atoms with Crippen molar-refractivity contribution in [2.75, 3.05) is 12.5 Å². The number of carbonyl (C=O) groups excluding carboxylic acids is 1. The summed E-state index contributed by atoms with van der Waals surface area (Å²) in [6.45, 7) is 0. The molecule has 0 aliphatic heterocycles. The first-order chi connectivity index (χ1) is 14.2. The molecular formula is C23H18FN3O2. The van der Waals surface area contributed by atoms with E-state index in [1.54, 1.807) is 12.1 Å². The molecule has 0 aliphatic carbocycles. The molecule has 144 valence electrons. The normalized spacial score (nSPS) is 11.4. The molecule has 0 atom stereocenters. The van der Waals surface area contributed by atoms with Crippen LogP contribution in [-0.2, 0) is 4.74 Å². The minimum Gasteiger partial charge on any atom is -0.465 e. The molecule has 3 aromatic carbocycles. The lowest BCUT2D eigenvalue weighted by Crippen LogP contribution is -2.13. The monoisotopic (exact) mass is 387 g/mol. The number of halogens is 1. The molecule has 1 aromatic heterocycles. The van der Waals surface area contributed by atoms with Crippen LogP contribution in [0.1, 0.15) is 21.6 Å². The number of fused-ring (bicyclic) bond motifs is 1. The minimum atomic E-state index is -0.480. The first-order valence-electron chi connectivity index (χ1n) is 9.01. The largest absolute Gasteiger partial charge is 0.465 e. The van der Waals surface area contributed by atoms with Gasteiger partial charge in [0.2, 0.25) is 0 Å². The third kappa shape index (κ3) is 3.73. The van der Waals surface area contributed by atoms with E-state index in [0.29, 0.717) is 22.5 Å². The number of aromatic amines is 1. The Bertz CT molecular complexity index is 1180. The van der Waals surface area contributed by atoms with E-state index in [2.05, 4.69) is 15.5 Å². The van der Waals surface area contributed by atoms with Gasteiger partial charge in [-0.15, -0.1) is 0 Å². The summed E-state index contributed by atoms with van der Waals surface area (Å²) in [5, 5.41) is 5.27. The predicted molar refractivity (Wildman–Crippen MR) is 112 cm³/mol. The van der Waals surface area contributed by atoms with Crippen molar-refractivity contribution in [3.8, 4) is 0 Å². The fourth-order valence-electron chi connectivity index (χ4n) is 3.14. The molecule has 4 rings (SSSR count). The Morgan fingerprint density at radius 3 is 2.38 bits per heavy atom. The summed E-state index contributed by atoms with van der Waals surface area (Å²) in [4.78, 5) is 15.9. The van der Waals surface area contributed by atoms with E-state index >= 15 is 0 Å². The van der Waals surface area contributed by atoms with E-state index < -0.39 is 5.97 Å². The maximum atomic E-state index is 13.5. The van der Waals surface area contributed by atoms with Crippen LogP contribution < -0.4 is 5.43 Å². The Labute approximate surface area is 166 Å². The Balaban J connectivity index is 1.91. The van der Waals surface area contributed by atoms with Crippen LogP contribution in [0.2, 0.25) is 0 Å². The highest BCUT2D eigenvalue weighted by Gasteiger charge is 2.23. The molecule has 2 N–H and O–H groups in total. The molecule has 0 radical (unpaired) electrons. The van der Waals surface area contributed by atoms with Crippen LogP contribution in [0, 0.1) is 5.82 Å². The van der Waals surface area contributed by atoms with Crippen molar-refractivity contribution in [3.05, 3.63) is 102 Å². The topological polar surface area (TPSA) is 66.5 Å². The highest BCUT2D eigenvalue weighted by molar-refractivity contribution is 6.21. The molecule has 0 saturated carbocycles. The molecule has 0 bridgehead atoms. The van der Waals surface area contributed by atoms with E-state index in [0.717, 1.165) is 16.6 Å². The number of anilines is 1. The number of H-pyrrole nitrogens is 1. The number of aromatic nitrogens is 1. The van der Waals surface area contributed by atoms with Crippen LogP contribution in [0.4, 0.5) is 10.1 Å². The van der Waals surface area contributed by atoms with Crippen molar-refractivity contribution >= 4 is 28.3 Å². The van der Waals surface area contributed by atoms with Crippen LogP contribution in [0.5, 0.6) is 0 Å². The number of benzene rings is 3. The highest BCUT2D eigenvalue weighted by Crippen LogP contribution is 2.26. The van der Waals surface area contributed by atoms with Crippen molar-refractivity contribution in [2.45, 2.75) is 0 Å². The number of carbonyl (C=O) groups is 1. The van der Waals surface area contributed by atoms with Gasteiger partial charge in [0, 0.05) is 16.5 Å². The van der Waals surface area contributed by atoms with Gasteiger partial charge < -0.3 is 9.72 Å². The highest BCUT2D eigenvalue weighted by atomic mass is 19.1. The van der Waals surface area contributed by atoms with Crippen LogP contribution in [0.3, 0.4) is 0 Å². The number of nitrogens with one attached hydrogen (secondary N) is 2. The molecule has 0 amide bonds. The van der Waals surface area contributed by atoms with Gasteiger partial charge in [-0.1, -0.05) is 36.4 Å². The fraction of sp³-hybridized carbons (Fsp3) is 0.0435. The van der Waals surface area contributed by atoms with E-state index in [4.69, 9.17) is 4.74 Å². The fourth-order valence-corrected chi connectivity index (χ4v) is 3.14. The Morgan fingerprint density at radius 1 is 0.966 bits per heavy atom. The number of ether oxygens (including phenoxy) is 1. The molecule has 0 unspecified atom stereocenters. The van der Waals surface area contributed by atoms with Gasteiger partial charge in [-0.05, 0) is 42.5 Å². The van der Waals surface area contributed by atoms with Gasteiger partial charge in [0.05, 0.1) is 24.1 Å². The van der Waals surface area contributed by atoms with Crippen molar-refractivity contribution in [2.24, 2.45) is 5.10 Å².